The Morgan fingerprint density at radius 3 is 2.22 bits per heavy atom. The summed E-state index contributed by atoms with van der Waals surface area (Å²) >= 11 is 0. The average Bonchev–Trinajstić information content (AvgIpc) is 3.15. The molecule has 5 rings (SSSR count). The third kappa shape index (κ3) is 6.55. The van der Waals surface area contributed by atoms with Crippen LogP contribution in [-0.4, -0.2) is 42.7 Å². The smallest absolute Gasteiger partial charge is 0.387 e. The molecule has 0 aliphatic carbocycles. The summed E-state index contributed by atoms with van der Waals surface area (Å²) in [4.78, 5) is 56.2. The molecule has 0 saturated carbocycles. The molecule has 0 aromatic heterocycles. The Morgan fingerprint density at radius 2 is 1.56 bits per heavy atom. The first-order valence-corrected chi connectivity index (χ1v) is 14.7. The second-order valence-electron chi connectivity index (χ2n) is 11.0. The maximum atomic E-state index is 14.4. The quantitative estimate of drug-likeness (QED) is 0.222. The van der Waals surface area contributed by atoms with E-state index in [0.29, 0.717) is 34.3 Å². The van der Waals surface area contributed by atoms with E-state index < -0.39 is 30.4 Å². The summed E-state index contributed by atoms with van der Waals surface area (Å²) in [7, 11) is 0. The van der Waals surface area contributed by atoms with Gasteiger partial charge in [-0.3, -0.25) is 19.2 Å². The highest BCUT2D eigenvalue weighted by molar-refractivity contribution is 6.13. The van der Waals surface area contributed by atoms with E-state index >= 15 is 0 Å². The number of nitrogens with zero attached hydrogens (tertiary/aromatic N) is 2. The van der Waals surface area contributed by atoms with Crippen LogP contribution in [0, 0.1) is 5.92 Å². The minimum absolute atomic E-state index is 0.0862. The first-order chi connectivity index (χ1) is 21.6. The zero-order valence-corrected chi connectivity index (χ0v) is 25.1. The Balaban J connectivity index is 1.64. The first-order valence-electron chi connectivity index (χ1n) is 14.7. The molecular weight excluding hydrogens is 580 g/mol. The van der Waals surface area contributed by atoms with Crippen LogP contribution >= 0.6 is 0 Å². The number of hydrogen-bond acceptors (Lipinski definition) is 5. The molecular formula is C35H33F2N3O5. The first kappa shape index (κ1) is 31.3. The highest BCUT2D eigenvalue weighted by atomic mass is 19.3. The van der Waals surface area contributed by atoms with Crippen molar-refractivity contribution in [2.45, 2.75) is 46.4 Å². The van der Waals surface area contributed by atoms with Gasteiger partial charge in [0.1, 0.15) is 11.8 Å². The SMILES string of the molecule is CC[C@@H](C)C(=O)N[C@H]1CN(C(=O)c2ccc(C(C)=O)cc2)c2ccccc2N(Cc2c(OC(F)F)ccc3ccccc23)C1=O. The average molecular weight is 614 g/mol. The topological polar surface area (TPSA) is 96.0 Å². The molecule has 0 spiro atoms. The van der Waals surface area contributed by atoms with Gasteiger partial charge in [-0.1, -0.05) is 68.4 Å². The molecule has 10 heteroatoms. The van der Waals surface area contributed by atoms with Crippen molar-refractivity contribution in [2.75, 3.05) is 16.3 Å². The van der Waals surface area contributed by atoms with E-state index in [1.54, 1.807) is 73.7 Å². The Kier molecular flexibility index (Phi) is 9.22. The Labute approximate surface area is 259 Å². The molecule has 1 aliphatic heterocycles. The molecule has 3 amide bonds. The largest absolute Gasteiger partial charge is 0.434 e. The van der Waals surface area contributed by atoms with E-state index in [-0.39, 0.29) is 36.1 Å². The van der Waals surface area contributed by atoms with Crippen LogP contribution in [0.5, 0.6) is 5.75 Å². The molecule has 4 aromatic carbocycles. The number of hydrogen-bond donors (Lipinski definition) is 1. The van der Waals surface area contributed by atoms with Gasteiger partial charge in [0.15, 0.2) is 5.78 Å². The number of rotatable bonds is 9. The summed E-state index contributed by atoms with van der Waals surface area (Å²) in [6.07, 6.45) is 0.534. The van der Waals surface area contributed by atoms with Crippen LogP contribution in [0.1, 0.15) is 53.5 Å². The summed E-state index contributed by atoms with van der Waals surface area (Å²) in [6.45, 7) is 1.57. The van der Waals surface area contributed by atoms with Crippen LogP contribution in [-0.2, 0) is 16.1 Å². The summed E-state index contributed by atoms with van der Waals surface area (Å²) in [5, 5.41) is 4.21. The number of carbonyl (C=O) groups is 4. The summed E-state index contributed by atoms with van der Waals surface area (Å²) in [5.74, 6) is -1.95. The minimum atomic E-state index is -3.10. The van der Waals surface area contributed by atoms with E-state index in [1.165, 1.54) is 22.8 Å². The van der Waals surface area contributed by atoms with Crippen molar-refractivity contribution in [1.82, 2.24) is 5.32 Å². The van der Waals surface area contributed by atoms with E-state index in [4.69, 9.17) is 4.74 Å². The standard InChI is InChI=1S/C35H33F2N3O5/c1-4-21(2)32(42)38-28-20-40(33(43)25-15-13-23(14-16-25)22(3)41)30-12-8-7-11-29(30)39(34(28)44)19-27-26-10-6-5-9-24(26)17-18-31(27)45-35(36)37/h5-18,21,28,35H,4,19-20H2,1-3H3,(H,38,42)/t21-,28+/m1/s1. The van der Waals surface area contributed by atoms with Crippen LogP contribution in [0.4, 0.5) is 20.2 Å². The second kappa shape index (κ2) is 13.3. The van der Waals surface area contributed by atoms with Gasteiger partial charge < -0.3 is 19.9 Å². The summed E-state index contributed by atoms with van der Waals surface area (Å²) < 4.78 is 32.0. The summed E-state index contributed by atoms with van der Waals surface area (Å²) in [5.41, 5.74) is 1.82. The van der Waals surface area contributed by atoms with Crippen LogP contribution in [0.3, 0.4) is 0 Å². The van der Waals surface area contributed by atoms with Gasteiger partial charge in [0.05, 0.1) is 24.5 Å². The lowest BCUT2D eigenvalue weighted by molar-refractivity contribution is -0.129. The highest BCUT2D eigenvalue weighted by Crippen LogP contribution is 2.38. The number of ketones is 1. The van der Waals surface area contributed by atoms with Crippen LogP contribution in [0.2, 0.25) is 0 Å². The number of benzene rings is 4. The van der Waals surface area contributed by atoms with Gasteiger partial charge >= 0.3 is 6.61 Å². The molecule has 1 heterocycles. The fourth-order valence-electron chi connectivity index (χ4n) is 5.40. The number of anilines is 2. The number of alkyl halides is 2. The van der Waals surface area contributed by atoms with Crippen molar-refractivity contribution in [1.29, 1.82) is 0 Å². The number of para-hydroxylation sites is 2. The molecule has 2 atom stereocenters. The van der Waals surface area contributed by atoms with Crippen molar-refractivity contribution in [2.24, 2.45) is 5.92 Å². The molecule has 1 N–H and O–H groups in total. The number of fused-ring (bicyclic) bond motifs is 2. The molecule has 4 aromatic rings. The Hall–Kier alpha value is -5.12. The minimum Gasteiger partial charge on any atom is -0.434 e. The molecule has 8 nitrogen and oxygen atoms in total. The third-order valence-corrected chi connectivity index (χ3v) is 8.08. The van der Waals surface area contributed by atoms with E-state index in [1.807, 2.05) is 19.1 Å². The lowest BCUT2D eigenvalue weighted by Gasteiger charge is -2.27. The molecule has 0 bridgehead atoms. The molecule has 0 saturated heterocycles. The van der Waals surface area contributed by atoms with Crippen LogP contribution in [0.15, 0.2) is 84.9 Å². The van der Waals surface area contributed by atoms with Crippen LogP contribution in [0.25, 0.3) is 10.8 Å². The Morgan fingerprint density at radius 1 is 0.911 bits per heavy atom. The predicted octanol–water partition coefficient (Wildman–Crippen LogP) is 6.37. The number of carbonyl (C=O) groups excluding carboxylic acids is 4. The third-order valence-electron chi connectivity index (χ3n) is 8.08. The van der Waals surface area contributed by atoms with E-state index in [2.05, 4.69) is 5.32 Å². The number of ether oxygens (including phenoxy) is 1. The maximum Gasteiger partial charge on any atom is 0.387 e. The van der Waals surface area contributed by atoms with Gasteiger partial charge in [0.25, 0.3) is 11.8 Å². The highest BCUT2D eigenvalue weighted by Gasteiger charge is 2.38. The van der Waals surface area contributed by atoms with Crippen molar-refractivity contribution < 1.29 is 32.7 Å². The monoisotopic (exact) mass is 613 g/mol. The molecule has 0 fully saturated rings. The van der Waals surface area contributed by atoms with Gasteiger partial charge in [-0.15, -0.1) is 0 Å². The van der Waals surface area contributed by atoms with Gasteiger partial charge in [-0.2, -0.15) is 8.78 Å². The Bertz CT molecular complexity index is 1760. The van der Waals surface area contributed by atoms with Crippen molar-refractivity contribution in [3.8, 4) is 5.75 Å². The molecule has 0 radical (unpaired) electrons. The fourth-order valence-corrected chi connectivity index (χ4v) is 5.40. The summed E-state index contributed by atoms with van der Waals surface area (Å²) in [6, 6.07) is 22.1. The van der Waals surface area contributed by atoms with Gasteiger partial charge in [0, 0.05) is 22.6 Å². The van der Waals surface area contributed by atoms with Gasteiger partial charge in [0.2, 0.25) is 5.91 Å². The van der Waals surface area contributed by atoms with Gasteiger partial charge in [-0.25, -0.2) is 0 Å². The number of amides is 3. The molecule has 1 aliphatic rings. The van der Waals surface area contributed by atoms with Crippen molar-refractivity contribution >= 4 is 45.7 Å². The fraction of sp³-hybridized carbons (Fsp3) is 0.257. The zero-order valence-electron chi connectivity index (χ0n) is 25.1. The van der Waals surface area contributed by atoms with E-state index in [0.717, 1.165) is 5.39 Å². The lowest BCUT2D eigenvalue weighted by atomic mass is 10.0. The van der Waals surface area contributed by atoms with Crippen molar-refractivity contribution in [3.05, 3.63) is 102 Å². The second-order valence-corrected chi connectivity index (χ2v) is 11.0. The number of nitrogens with one attached hydrogen (secondary N) is 1. The van der Waals surface area contributed by atoms with Crippen molar-refractivity contribution in [3.63, 3.8) is 0 Å². The zero-order chi connectivity index (χ0) is 32.2. The molecule has 45 heavy (non-hydrogen) atoms. The maximum absolute atomic E-state index is 14.4. The van der Waals surface area contributed by atoms with Crippen LogP contribution < -0.4 is 19.9 Å². The predicted molar refractivity (Wildman–Crippen MR) is 168 cm³/mol. The molecule has 232 valence electrons. The normalized spacial score (nSPS) is 15.4. The lowest BCUT2D eigenvalue weighted by Crippen LogP contribution is -2.53. The number of Topliss-reactive ketones (excluding diaryl/α,β-unsaturated/α-hetero) is 1. The number of halogens is 2. The van der Waals surface area contributed by atoms with Gasteiger partial charge in [-0.05, 0) is 54.4 Å². The molecule has 0 unspecified atom stereocenters. The van der Waals surface area contributed by atoms with E-state index in [9.17, 15) is 28.0 Å².